The molecule has 2 heteroatoms. The van der Waals surface area contributed by atoms with Gasteiger partial charge in [0, 0.05) is 5.92 Å². The Hall–Kier alpha value is -0.340. The van der Waals surface area contributed by atoms with Crippen molar-refractivity contribution in [1.29, 1.82) is 0 Å². The summed E-state index contributed by atoms with van der Waals surface area (Å²) in [5, 5.41) is 16.8. The van der Waals surface area contributed by atoms with Crippen LogP contribution < -0.4 is 0 Å². The van der Waals surface area contributed by atoms with Crippen LogP contribution in [0.4, 0.5) is 0 Å². The summed E-state index contributed by atoms with van der Waals surface area (Å²) in [4.78, 5) is 0. The van der Waals surface area contributed by atoms with Gasteiger partial charge in [-0.1, -0.05) is 13.0 Å². The molecular weight excluding hydrogens is 104 g/mol. The summed E-state index contributed by atoms with van der Waals surface area (Å²) in [5.74, 6) is -0.174. The summed E-state index contributed by atoms with van der Waals surface area (Å²) in [6, 6.07) is 0. The van der Waals surface area contributed by atoms with Crippen molar-refractivity contribution < 1.29 is 10.2 Å². The number of hydrogen-bond acceptors (Lipinski definition) is 2. The maximum atomic E-state index is 8.38. The van der Waals surface area contributed by atoms with Gasteiger partial charge in [0.2, 0.25) is 6.29 Å². The summed E-state index contributed by atoms with van der Waals surface area (Å²) in [7, 11) is 0. The number of rotatable bonds is 3. The molecule has 0 heterocycles. The average Bonchev–Trinajstić information content (AvgIpc) is 1.67. The molecule has 0 rings (SSSR count). The van der Waals surface area contributed by atoms with E-state index in [9.17, 15) is 0 Å². The van der Waals surface area contributed by atoms with Gasteiger partial charge in [0.1, 0.15) is 0 Å². The van der Waals surface area contributed by atoms with E-state index < -0.39 is 6.29 Å². The smallest absolute Gasteiger partial charge is 0.221 e. The summed E-state index contributed by atoms with van der Waals surface area (Å²) < 4.78 is 0. The standard InChI is InChI=1S/C6H11O2/c1-3-4-5(2)6(7)8/h3,5,7-8H,1,4H2,2H3. The molecule has 0 fully saturated rings. The second kappa shape index (κ2) is 3.64. The SMILES string of the molecule is C=CCC(C)[C](O)O. The molecule has 0 bridgehead atoms. The highest BCUT2D eigenvalue weighted by molar-refractivity contribution is 4.77. The van der Waals surface area contributed by atoms with Gasteiger partial charge in [-0.15, -0.1) is 6.58 Å². The second-order valence-electron chi connectivity index (χ2n) is 1.78. The highest BCUT2D eigenvalue weighted by Crippen LogP contribution is 2.10. The summed E-state index contributed by atoms with van der Waals surface area (Å²) in [6.07, 6.45) is 1.75. The second-order valence-corrected chi connectivity index (χ2v) is 1.78. The lowest BCUT2D eigenvalue weighted by Gasteiger charge is -2.06. The normalized spacial score (nSPS) is 14.0. The fraction of sp³-hybridized carbons (Fsp3) is 0.500. The van der Waals surface area contributed by atoms with E-state index in [1.807, 2.05) is 0 Å². The van der Waals surface area contributed by atoms with E-state index in [4.69, 9.17) is 10.2 Å². The van der Waals surface area contributed by atoms with E-state index in [1.165, 1.54) is 0 Å². The monoisotopic (exact) mass is 115 g/mol. The topological polar surface area (TPSA) is 40.5 Å². The Morgan fingerprint density at radius 3 is 2.38 bits per heavy atom. The Morgan fingerprint density at radius 2 is 2.25 bits per heavy atom. The minimum Gasteiger partial charge on any atom is -0.361 e. The lowest BCUT2D eigenvalue weighted by Crippen LogP contribution is -2.05. The zero-order chi connectivity index (χ0) is 6.57. The molecule has 47 valence electrons. The Labute approximate surface area is 49.5 Å². The van der Waals surface area contributed by atoms with Gasteiger partial charge in [-0.3, -0.25) is 0 Å². The summed E-state index contributed by atoms with van der Waals surface area (Å²) in [6.45, 7) is 5.17. The molecule has 0 saturated carbocycles. The number of allylic oxidation sites excluding steroid dienone is 1. The van der Waals surface area contributed by atoms with Crippen molar-refractivity contribution in [3.05, 3.63) is 18.9 Å². The van der Waals surface area contributed by atoms with Crippen LogP contribution in [-0.4, -0.2) is 10.2 Å². The van der Waals surface area contributed by atoms with E-state index in [2.05, 4.69) is 6.58 Å². The van der Waals surface area contributed by atoms with Crippen LogP contribution in [0.3, 0.4) is 0 Å². The van der Waals surface area contributed by atoms with Crippen LogP contribution in [0.2, 0.25) is 0 Å². The van der Waals surface area contributed by atoms with Crippen molar-refractivity contribution in [1.82, 2.24) is 0 Å². The number of hydrogen-bond donors (Lipinski definition) is 2. The molecule has 0 aromatic carbocycles. The van der Waals surface area contributed by atoms with Crippen molar-refractivity contribution in [3.8, 4) is 0 Å². The molecule has 1 radical (unpaired) electrons. The lowest BCUT2D eigenvalue weighted by atomic mass is 10.1. The third-order valence-corrected chi connectivity index (χ3v) is 0.961. The maximum absolute atomic E-state index is 8.38. The molecule has 1 unspecified atom stereocenters. The molecule has 0 aliphatic heterocycles. The Bertz CT molecular complexity index is 68.9. The van der Waals surface area contributed by atoms with Crippen molar-refractivity contribution in [2.75, 3.05) is 0 Å². The maximum Gasteiger partial charge on any atom is 0.221 e. The molecule has 8 heavy (non-hydrogen) atoms. The average molecular weight is 115 g/mol. The zero-order valence-electron chi connectivity index (χ0n) is 4.96. The molecule has 0 aromatic heterocycles. The predicted octanol–water partition coefficient (Wildman–Crippen LogP) is 1.43. The molecule has 1 atom stereocenters. The van der Waals surface area contributed by atoms with E-state index in [0.717, 1.165) is 0 Å². The van der Waals surface area contributed by atoms with E-state index >= 15 is 0 Å². The van der Waals surface area contributed by atoms with Crippen LogP contribution in [0.25, 0.3) is 0 Å². The Morgan fingerprint density at radius 1 is 1.75 bits per heavy atom. The Kier molecular flexibility index (Phi) is 3.48. The van der Waals surface area contributed by atoms with Crippen LogP contribution >= 0.6 is 0 Å². The molecule has 0 saturated heterocycles. The largest absolute Gasteiger partial charge is 0.361 e. The van der Waals surface area contributed by atoms with Crippen LogP contribution in [0, 0.1) is 12.2 Å². The molecule has 0 amide bonds. The molecular formula is C6H11O2. The Balaban J connectivity index is 3.30. The first-order valence-corrected chi connectivity index (χ1v) is 2.54. The van der Waals surface area contributed by atoms with Crippen molar-refractivity contribution in [2.45, 2.75) is 13.3 Å². The highest BCUT2D eigenvalue weighted by Gasteiger charge is 2.08. The molecule has 0 aromatic rings. The van der Waals surface area contributed by atoms with Gasteiger partial charge in [0.15, 0.2) is 0 Å². The van der Waals surface area contributed by atoms with Gasteiger partial charge in [-0.25, -0.2) is 0 Å². The minimum atomic E-state index is -0.509. The summed E-state index contributed by atoms with van der Waals surface area (Å²) in [5.41, 5.74) is 0. The molecule has 0 spiro atoms. The van der Waals surface area contributed by atoms with Crippen molar-refractivity contribution in [3.63, 3.8) is 0 Å². The molecule has 0 aliphatic rings. The first-order valence-electron chi connectivity index (χ1n) is 2.54. The quantitative estimate of drug-likeness (QED) is 0.546. The predicted molar refractivity (Wildman–Crippen MR) is 31.1 cm³/mol. The van der Waals surface area contributed by atoms with Gasteiger partial charge >= 0.3 is 0 Å². The number of aliphatic hydroxyl groups is 2. The third-order valence-electron chi connectivity index (χ3n) is 0.961. The lowest BCUT2D eigenvalue weighted by molar-refractivity contribution is 0.0401. The van der Waals surface area contributed by atoms with Gasteiger partial charge in [-0.2, -0.15) is 0 Å². The van der Waals surface area contributed by atoms with Gasteiger partial charge in [-0.05, 0) is 6.42 Å². The van der Waals surface area contributed by atoms with Crippen molar-refractivity contribution in [2.24, 2.45) is 5.92 Å². The molecule has 2 nitrogen and oxygen atoms in total. The van der Waals surface area contributed by atoms with E-state index in [-0.39, 0.29) is 5.92 Å². The molecule has 2 N–H and O–H groups in total. The minimum absolute atomic E-state index is 0.174. The van der Waals surface area contributed by atoms with Crippen molar-refractivity contribution >= 4 is 0 Å². The van der Waals surface area contributed by atoms with E-state index in [0.29, 0.717) is 6.42 Å². The van der Waals surface area contributed by atoms with Crippen LogP contribution in [-0.2, 0) is 0 Å². The van der Waals surface area contributed by atoms with Gasteiger partial charge in [0.05, 0.1) is 0 Å². The van der Waals surface area contributed by atoms with Gasteiger partial charge in [0.25, 0.3) is 0 Å². The van der Waals surface area contributed by atoms with E-state index in [1.54, 1.807) is 13.0 Å². The summed E-state index contributed by atoms with van der Waals surface area (Å²) >= 11 is 0. The van der Waals surface area contributed by atoms with Crippen LogP contribution in [0.15, 0.2) is 12.7 Å². The van der Waals surface area contributed by atoms with Crippen LogP contribution in [0.5, 0.6) is 0 Å². The number of aliphatic hydroxyl groups excluding tert-OH is 1. The first-order chi connectivity index (χ1) is 3.68. The highest BCUT2D eigenvalue weighted by atomic mass is 16.5. The zero-order valence-corrected chi connectivity index (χ0v) is 4.96. The molecule has 0 aliphatic carbocycles. The fourth-order valence-corrected chi connectivity index (χ4v) is 0.355. The van der Waals surface area contributed by atoms with Crippen LogP contribution in [0.1, 0.15) is 13.3 Å². The first kappa shape index (κ1) is 7.66. The fourth-order valence-electron chi connectivity index (χ4n) is 0.355. The third kappa shape index (κ3) is 2.77. The van der Waals surface area contributed by atoms with Gasteiger partial charge < -0.3 is 10.2 Å².